The lowest BCUT2D eigenvalue weighted by Crippen LogP contribution is -2.58. The average molecular weight is 471 g/mol. The van der Waals surface area contributed by atoms with E-state index in [9.17, 15) is 14.7 Å². The maximum absolute atomic E-state index is 13.6. The van der Waals surface area contributed by atoms with Crippen molar-refractivity contribution in [3.63, 3.8) is 0 Å². The average Bonchev–Trinajstić information content (AvgIpc) is 2.78. The number of amides is 2. The number of carbonyl (C=O) groups excluding carboxylic acids is 2. The molecule has 0 aromatic heterocycles. The van der Waals surface area contributed by atoms with Crippen LogP contribution in [-0.4, -0.2) is 53.4 Å². The molecule has 6 heteroatoms. The van der Waals surface area contributed by atoms with E-state index >= 15 is 0 Å². The third-order valence-corrected chi connectivity index (χ3v) is 7.29. The quantitative estimate of drug-likeness (QED) is 0.657. The van der Waals surface area contributed by atoms with Crippen LogP contribution in [0.3, 0.4) is 0 Å². The predicted molar refractivity (Wildman–Crippen MR) is 132 cm³/mol. The van der Waals surface area contributed by atoms with Gasteiger partial charge < -0.3 is 14.9 Å². The molecular formula is C27H35ClN2O3. The monoisotopic (exact) mass is 470 g/mol. The van der Waals surface area contributed by atoms with Crippen molar-refractivity contribution in [3.8, 4) is 0 Å². The molecule has 0 bridgehead atoms. The normalized spacial score (nSPS) is 21.0. The fourth-order valence-electron chi connectivity index (χ4n) is 4.76. The van der Waals surface area contributed by atoms with Crippen LogP contribution in [0.15, 0.2) is 54.6 Å². The Hall–Kier alpha value is -2.37. The molecule has 2 atom stereocenters. The molecule has 5 nitrogen and oxygen atoms in total. The minimum absolute atomic E-state index is 0.0314. The van der Waals surface area contributed by atoms with Crippen molar-refractivity contribution in [1.29, 1.82) is 0 Å². The van der Waals surface area contributed by atoms with Gasteiger partial charge in [-0.15, -0.1) is 0 Å². The molecule has 1 fully saturated rings. The van der Waals surface area contributed by atoms with Crippen molar-refractivity contribution in [2.45, 2.75) is 39.7 Å². The number of halogens is 1. The summed E-state index contributed by atoms with van der Waals surface area (Å²) in [4.78, 5) is 29.9. The van der Waals surface area contributed by atoms with Gasteiger partial charge >= 0.3 is 0 Å². The first-order valence-corrected chi connectivity index (χ1v) is 11.9. The molecule has 1 aliphatic heterocycles. The predicted octanol–water partition coefficient (Wildman–Crippen LogP) is 4.83. The number of carbonyl (C=O) groups is 2. The molecule has 3 rings (SSSR count). The van der Waals surface area contributed by atoms with E-state index < -0.39 is 11.0 Å². The van der Waals surface area contributed by atoms with Gasteiger partial charge in [-0.1, -0.05) is 69.6 Å². The van der Waals surface area contributed by atoms with Gasteiger partial charge in [-0.2, -0.15) is 0 Å². The number of aliphatic hydroxyl groups is 1. The Balaban J connectivity index is 1.74. The third kappa shape index (κ3) is 5.25. The lowest BCUT2D eigenvalue weighted by atomic mass is 9.66. The van der Waals surface area contributed by atoms with E-state index in [4.69, 9.17) is 11.6 Å². The summed E-state index contributed by atoms with van der Waals surface area (Å²) in [6.45, 7) is 9.27. The SMILES string of the molecule is CC(C)[C@@H](CN(C)C(=O)c1ccccc1)C(=O)N1CC[C@](O)(c2ccc(Cl)cc2)C(C)(C)C1. The van der Waals surface area contributed by atoms with Crippen LogP contribution in [0.2, 0.25) is 5.02 Å². The summed E-state index contributed by atoms with van der Waals surface area (Å²) < 4.78 is 0. The standard InChI is InChI=1S/C27H35ClN2O3/c1-19(2)23(17-29(5)24(31)20-9-7-6-8-10-20)25(32)30-16-15-27(33,26(3,4)18-30)21-11-13-22(28)14-12-21/h6-14,19,23,33H,15-18H2,1-5H3/t23-,27+/m1/s1. The van der Waals surface area contributed by atoms with E-state index in [1.807, 2.05) is 62.9 Å². The summed E-state index contributed by atoms with van der Waals surface area (Å²) in [6.07, 6.45) is 0.441. The van der Waals surface area contributed by atoms with Gasteiger partial charge in [0.25, 0.3) is 5.91 Å². The number of rotatable bonds is 6. The summed E-state index contributed by atoms with van der Waals surface area (Å²) in [5.74, 6) is -0.307. The first-order chi connectivity index (χ1) is 15.5. The summed E-state index contributed by atoms with van der Waals surface area (Å²) >= 11 is 6.04. The van der Waals surface area contributed by atoms with Crippen LogP contribution in [0.4, 0.5) is 0 Å². The fraction of sp³-hybridized carbons (Fsp3) is 0.481. The summed E-state index contributed by atoms with van der Waals surface area (Å²) in [6, 6.07) is 16.4. The van der Waals surface area contributed by atoms with Gasteiger partial charge in [0.1, 0.15) is 0 Å². The number of benzene rings is 2. The molecule has 0 radical (unpaired) electrons. The van der Waals surface area contributed by atoms with Crippen LogP contribution >= 0.6 is 11.6 Å². The van der Waals surface area contributed by atoms with Crippen molar-refractivity contribution < 1.29 is 14.7 Å². The third-order valence-electron chi connectivity index (χ3n) is 7.04. The summed E-state index contributed by atoms with van der Waals surface area (Å²) in [5, 5.41) is 12.2. The van der Waals surface area contributed by atoms with Crippen LogP contribution < -0.4 is 0 Å². The van der Waals surface area contributed by atoms with Crippen LogP contribution in [0.5, 0.6) is 0 Å². The Morgan fingerprint density at radius 3 is 2.24 bits per heavy atom. The lowest BCUT2D eigenvalue weighted by Gasteiger charge is -2.51. The maximum atomic E-state index is 13.6. The van der Waals surface area contributed by atoms with Gasteiger partial charge in [0.2, 0.25) is 5.91 Å². The van der Waals surface area contributed by atoms with Gasteiger partial charge in [-0.05, 0) is 42.2 Å². The van der Waals surface area contributed by atoms with Gasteiger partial charge in [-0.3, -0.25) is 9.59 Å². The number of nitrogens with zero attached hydrogens (tertiary/aromatic N) is 2. The lowest BCUT2D eigenvalue weighted by molar-refractivity contribution is -0.158. The molecule has 1 aliphatic rings. The zero-order valence-corrected chi connectivity index (χ0v) is 21.0. The summed E-state index contributed by atoms with van der Waals surface area (Å²) in [5.41, 5.74) is -0.177. The highest BCUT2D eigenvalue weighted by Crippen LogP contribution is 2.46. The van der Waals surface area contributed by atoms with Crippen molar-refractivity contribution in [3.05, 3.63) is 70.7 Å². The minimum atomic E-state index is -1.05. The Morgan fingerprint density at radius 1 is 1.09 bits per heavy atom. The second-order valence-electron chi connectivity index (χ2n) is 10.2. The highest BCUT2D eigenvalue weighted by Gasteiger charge is 2.50. The van der Waals surface area contributed by atoms with Crippen molar-refractivity contribution in [2.24, 2.45) is 17.3 Å². The van der Waals surface area contributed by atoms with Crippen LogP contribution in [0.1, 0.15) is 50.0 Å². The maximum Gasteiger partial charge on any atom is 0.253 e. The molecule has 33 heavy (non-hydrogen) atoms. The second-order valence-corrected chi connectivity index (χ2v) is 10.6. The fourth-order valence-corrected chi connectivity index (χ4v) is 4.88. The van der Waals surface area contributed by atoms with Crippen molar-refractivity contribution >= 4 is 23.4 Å². The molecule has 2 aromatic rings. The molecule has 178 valence electrons. The Morgan fingerprint density at radius 2 is 1.70 bits per heavy atom. The molecule has 2 aromatic carbocycles. The molecule has 1 heterocycles. The van der Waals surface area contributed by atoms with E-state index in [1.54, 1.807) is 36.2 Å². The number of hydrogen-bond acceptors (Lipinski definition) is 3. The van der Waals surface area contributed by atoms with E-state index in [0.29, 0.717) is 36.6 Å². The van der Waals surface area contributed by atoms with Crippen molar-refractivity contribution in [1.82, 2.24) is 9.80 Å². The number of piperidine rings is 1. The van der Waals surface area contributed by atoms with Gasteiger partial charge in [0.15, 0.2) is 0 Å². The molecular weight excluding hydrogens is 436 g/mol. The first kappa shape index (κ1) is 25.3. The smallest absolute Gasteiger partial charge is 0.253 e. The Kier molecular flexibility index (Phi) is 7.55. The zero-order chi connectivity index (χ0) is 24.4. The molecule has 0 spiro atoms. The first-order valence-electron chi connectivity index (χ1n) is 11.5. The molecule has 2 amide bonds. The summed E-state index contributed by atoms with van der Waals surface area (Å²) in [7, 11) is 1.75. The Labute approximate surface area is 202 Å². The topological polar surface area (TPSA) is 60.9 Å². The van der Waals surface area contributed by atoms with E-state index in [-0.39, 0.29) is 23.7 Å². The minimum Gasteiger partial charge on any atom is -0.384 e. The molecule has 1 saturated heterocycles. The van der Waals surface area contributed by atoms with Crippen LogP contribution in [0, 0.1) is 17.3 Å². The number of likely N-dealkylation sites (tertiary alicyclic amines) is 1. The highest BCUT2D eigenvalue weighted by molar-refractivity contribution is 6.30. The number of hydrogen-bond donors (Lipinski definition) is 1. The van der Waals surface area contributed by atoms with Crippen LogP contribution in [-0.2, 0) is 10.4 Å². The van der Waals surface area contributed by atoms with Crippen LogP contribution in [0.25, 0.3) is 0 Å². The van der Waals surface area contributed by atoms with E-state index in [2.05, 4.69) is 0 Å². The molecule has 0 unspecified atom stereocenters. The zero-order valence-electron chi connectivity index (χ0n) is 20.2. The van der Waals surface area contributed by atoms with Gasteiger partial charge in [0, 0.05) is 42.7 Å². The van der Waals surface area contributed by atoms with E-state index in [0.717, 1.165) is 5.56 Å². The molecule has 0 aliphatic carbocycles. The largest absolute Gasteiger partial charge is 0.384 e. The van der Waals surface area contributed by atoms with E-state index in [1.165, 1.54) is 0 Å². The van der Waals surface area contributed by atoms with Crippen molar-refractivity contribution in [2.75, 3.05) is 26.7 Å². The molecule has 0 saturated carbocycles. The van der Waals surface area contributed by atoms with Gasteiger partial charge in [0.05, 0.1) is 11.5 Å². The Bertz CT molecular complexity index is 975. The molecule has 1 N–H and O–H groups in total. The second kappa shape index (κ2) is 9.86. The highest BCUT2D eigenvalue weighted by atomic mass is 35.5. The van der Waals surface area contributed by atoms with Gasteiger partial charge in [-0.25, -0.2) is 0 Å².